The smallest absolute Gasteiger partial charge is 0.147 e. The fourth-order valence-corrected chi connectivity index (χ4v) is 2.86. The van der Waals surface area contributed by atoms with Crippen molar-refractivity contribution < 1.29 is 5.11 Å². The van der Waals surface area contributed by atoms with Crippen LogP contribution in [0.3, 0.4) is 0 Å². The van der Waals surface area contributed by atoms with Crippen LogP contribution < -0.4 is 4.90 Å². The number of aliphatic hydroxyl groups is 1. The van der Waals surface area contributed by atoms with Crippen molar-refractivity contribution in [3.05, 3.63) is 54.5 Å². The second-order valence-corrected chi connectivity index (χ2v) is 5.69. The average molecular weight is 298 g/mol. The predicted octanol–water partition coefficient (Wildman–Crippen LogP) is 1.20. The highest BCUT2D eigenvalue weighted by Crippen LogP contribution is 2.12. The maximum atomic E-state index is 10.3. The number of aliphatic hydroxyl groups excluding tert-OH is 1. The van der Waals surface area contributed by atoms with Gasteiger partial charge in [0.15, 0.2) is 0 Å². The molecule has 0 aliphatic carbocycles. The summed E-state index contributed by atoms with van der Waals surface area (Å²) < 4.78 is 0. The summed E-state index contributed by atoms with van der Waals surface area (Å²) >= 11 is 0. The van der Waals surface area contributed by atoms with Crippen LogP contribution in [0.5, 0.6) is 0 Å². The first-order valence-electron chi connectivity index (χ1n) is 7.76. The molecule has 2 aromatic rings. The molecule has 5 nitrogen and oxygen atoms in total. The van der Waals surface area contributed by atoms with E-state index in [1.54, 1.807) is 18.6 Å². The molecule has 2 heterocycles. The molecule has 0 bridgehead atoms. The molecule has 1 aliphatic rings. The van der Waals surface area contributed by atoms with Crippen molar-refractivity contribution in [2.45, 2.75) is 12.5 Å². The van der Waals surface area contributed by atoms with E-state index in [1.807, 2.05) is 18.2 Å². The summed E-state index contributed by atoms with van der Waals surface area (Å²) in [5.41, 5.74) is 1.19. The number of benzene rings is 1. The Morgan fingerprint density at radius 2 is 1.82 bits per heavy atom. The molecule has 0 radical (unpaired) electrons. The Kier molecular flexibility index (Phi) is 4.98. The third kappa shape index (κ3) is 4.02. The molecule has 1 atom stereocenters. The van der Waals surface area contributed by atoms with Gasteiger partial charge in [-0.15, -0.1) is 0 Å². The zero-order valence-corrected chi connectivity index (χ0v) is 12.7. The Morgan fingerprint density at radius 3 is 2.50 bits per heavy atom. The Bertz CT molecular complexity index is 555. The van der Waals surface area contributed by atoms with Crippen LogP contribution in [0.25, 0.3) is 0 Å². The predicted molar refractivity (Wildman–Crippen MR) is 86.8 cm³/mol. The van der Waals surface area contributed by atoms with Crippen LogP contribution in [0.4, 0.5) is 5.82 Å². The minimum Gasteiger partial charge on any atom is -0.391 e. The SMILES string of the molecule is OC(Cc1ccccc1)CN1CCN(c2cnccn2)CC1. The molecule has 1 aliphatic heterocycles. The van der Waals surface area contributed by atoms with E-state index in [-0.39, 0.29) is 6.10 Å². The third-order valence-electron chi connectivity index (χ3n) is 4.03. The van der Waals surface area contributed by atoms with E-state index in [2.05, 4.69) is 31.9 Å². The van der Waals surface area contributed by atoms with Crippen LogP contribution in [0.2, 0.25) is 0 Å². The van der Waals surface area contributed by atoms with E-state index < -0.39 is 0 Å². The lowest BCUT2D eigenvalue weighted by molar-refractivity contribution is 0.109. The summed E-state index contributed by atoms with van der Waals surface area (Å²) in [5.74, 6) is 0.937. The van der Waals surface area contributed by atoms with E-state index in [0.29, 0.717) is 6.42 Å². The number of nitrogens with zero attached hydrogens (tertiary/aromatic N) is 4. The van der Waals surface area contributed by atoms with Crippen molar-refractivity contribution in [3.63, 3.8) is 0 Å². The maximum absolute atomic E-state index is 10.3. The number of β-amino-alcohol motifs (C(OH)–C–C–N with tert-alkyl or cyclic N) is 1. The molecule has 3 rings (SSSR count). The van der Waals surface area contributed by atoms with Gasteiger partial charge in [0.2, 0.25) is 0 Å². The van der Waals surface area contributed by atoms with Crippen LogP contribution in [0, 0.1) is 0 Å². The van der Waals surface area contributed by atoms with Gasteiger partial charge in [-0.3, -0.25) is 9.88 Å². The molecule has 1 aromatic heterocycles. The highest BCUT2D eigenvalue weighted by molar-refractivity contribution is 5.35. The molecular weight excluding hydrogens is 276 g/mol. The lowest BCUT2D eigenvalue weighted by Crippen LogP contribution is -2.49. The molecule has 22 heavy (non-hydrogen) atoms. The van der Waals surface area contributed by atoms with Crippen molar-refractivity contribution in [2.24, 2.45) is 0 Å². The molecule has 1 unspecified atom stereocenters. The lowest BCUT2D eigenvalue weighted by Gasteiger charge is -2.36. The standard InChI is InChI=1S/C17H22N4O/c22-16(12-15-4-2-1-3-5-15)14-20-8-10-21(11-9-20)17-13-18-6-7-19-17/h1-7,13,16,22H,8-12,14H2. The van der Waals surface area contributed by atoms with Crippen molar-refractivity contribution in [3.8, 4) is 0 Å². The normalized spacial score (nSPS) is 17.4. The lowest BCUT2D eigenvalue weighted by atomic mass is 10.1. The van der Waals surface area contributed by atoms with E-state index >= 15 is 0 Å². The fourth-order valence-electron chi connectivity index (χ4n) is 2.86. The second-order valence-electron chi connectivity index (χ2n) is 5.69. The number of piperazine rings is 1. The highest BCUT2D eigenvalue weighted by Gasteiger charge is 2.20. The molecule has 1 aromatic carbocycles. The number of hydrogen-bond donors (Lipinski definition) is 1. The van der Waals surface area contributed by atoms with Gasteiger partial charge in [-0.05, 0) is 12.0 Å². The van der Waals surface area contributed by atoms with Crippen molar-refractivity contribution >= 4 is 5.82 Å². The summed E-state index contributed by atoms with van der Waals surface area (Å²) in [6.45, 7) is 4.47. The molecule has 1 N–H and O–H groups in total. The zero-order valence-electron chi connectivity index (χ0n) is 12.7. The van der Waals surface area contributed by atoms with Crippen molar-refractivity contribution in [1.29, 1.82) is 0 Å². The Hall–Kier alpha value is -1.98. The van der Waals surface area contributed by atoms with E-state index in [4.69, 9.17) is 0 Å². The van der Waals surface area contributed by atoms with Crippen LogP contribution in [-0.2, 0) is 6.42 Å². The van der Waals surface area contributed by atoms with E-state index in [9.17, 15) is 5.11 Å². The van der Waals surface area contributed by atoms with Gasteiger partial charge in [0.25, 0.3) is 0 Å². The van der Waals surface area contributed by atoms with Gasteiger partial charge in [-0.2, -0.15) is 0 Å². The Labute approximate surface area is 131 Å². The topological polar surface area (TPSA) is 52.5 Å². The molecule has 116 valence electrons. The molecular formula is C17H22N4O. The van der Waals surface area contributed by atoms with E-state index in [1.165, 1.54) is 5.56 Å². The maximum Gasteiger partial charge on any atom is 0.147 e. The van der Waals surface area contributed by atoms with Crippen LogP contribution in [0.1, 0.15) is 5.56 Å². The third-order valence-corrected chi connectivity index (χ3v) is 4.03. The first kappa shape index (κ1) is 14.9. The van der Waals surface area contributed by atoms with Gasteiger partial charge in [0, 0.05) is 45.1 Å². The van der Waals surface area contributed by atoms with Crippen molar-refractivity contribution in [1.82, 2.24) is 14.9 Å². The quantitative estimate of drug-likeness (QED) is 0.899. The first-order chi connectivity index (χ1) is 10.8. The van der Waals surface area contributed by atoms with Crippen LogP contribution in [0.15, 0.2) is 48.9 Å². The van der Waals surface area contributed by atoms with Gasteiger partial charge in [0.05, 0.1) is 12.3 Å². The summed E-state index contributed by atoms with van der Waals surface area (Å²) in [7, 11) is 0. The zero-order chi connectivity index (χ0) is 15.2. The minimum atomic E-state index is -0.314. The summed E-state index contributed by atoms with van der Waals surface area (Å²) in [6.07, 6.45) is 5.63. The number of rotatable bonds is 5. The molecule has 1 saturated heterocycles. The second kappa shape index (κ2) is 7.33. The molecule has 1 fully saturated rings. The monoisotopic (exact) mass is 298 g/mol. The largest absolute Gasteiger partial charge is 0.391 e. The number of hydrogen-bond acceptors (Lipinski definition) is 5. The molecule has 0 spiro atoms. The van der Waals surface area contributed by atoms with Gasteiger partial charge in [0.1, 0.15) is 5.82 Å². The molecule has 5 heteroatoms. The summed E-state index contributed by atoms with van der Waals surface area (Å²) in [5, 5.41) is 10.3. The van der Waals surface area contributed by atoms with Crippen molar-refractivity contribution in [2.75, 3.05) is 37.6 Å². The Balaban J connectivity index is 1.46. The number of anilines is 1. The average Bonchev–Trinajstić information content (AvgIpc) is 2.57. The molecule has 0 amide bonds. The van der Waals surface area contributed by atoms with Gasteiger partial charge >= 0.3 is 0 Å². The summed E-state index contributed by atoms with van der Waals surface area (Å²) in [6, 6.07) is 10.2. The van der Waals surface area contributed by atoms with Gasteiger partial charge < -0.3 is 10.0 Å². The van der Waals surface area contributed by atoms with E-state index in [0.717, 1.165) is 38.5 Å². The minimum absolute atomic E-state index is 0.314. The highest BCUT2D eigenvalue weighted by atomic mass is 16.3. The van der Waals surface area contributed by atoms with Gasteiger partial charge in [-0.25, -0.2) is 4.98 Å². The van der Waals surface area contributed by atoms with Crippen LogP contribution >= 0.6 is 0 Å². The van der Waals surface area contributed by atoms with Crippen LogP contribution in [-0.4, -0.2) is 58.8 Å². The molecule has 0 saturated carbocycles. The summed E-state index contributed by atoms with van der Waals surface area (Å²) in [4.78, 5) is 13.0. The number of aromatic nitrogens is 2. The van der Waals surface area contributed by atoms with Gasteiger partial charge in [-0.1, -0.05) is 30.3 Å². The first-order valence-corrected chi connectivity index (χ1v) is 7.76. The fraction of sp³-hybridized carbons (Fsp3) is 0.412. The Morgan fingerprint density at radius 1 is 1.05 bits per heavy atom.